The van der Waals surface area contributed by atoms with Crippen LogP contribution in [0.1, 0.15) is 147 Å². The highest BCUT2D eigenvalue weighted by Crippen LogP contribution is 2.47. The molecule has 0 aromatic heterocycles. The summed E-state index contributed by atoms with van der Waals surface area (Å²) in [5.41, 5.74) is 3.88. The maximum atomic E-state index is 10.2. The third-order valence-corrected chi connectivity index (χ3v) is 10.5. The molecule has 2 aliphatic rings. The second kappa shape index (κ2) is 17.0. The molecule has 0 spiro atoms. The normalized spacial score (nSPS) is 24.6. The summed E-state index contributed by atoms with van der Waals surface area (Å²) in [7, 11) is 0. The lowest BCUT2D eigenvalue weighted by Crippen LogP contribution is -2.27. The fourth-order valence-electron chi connectivity index (χ4n) is 7.48. The summed E-state index contributed by atoms with van der Waals surface area (Å²) in [6.45, 7) is 5.37. The van der Waals surface area contributed by atoms with Crippen LogP contribution in [0.15, 0.2) is 48.5 Å². The molecule has 2 fully saturated rings. The van der Waals surface area contributed by atoms with Crippen LogP contribution in [0.4, 0.5) is 0 Å². The minimum Gasteiger partial charge on any atom is -0.494 e. The van der Waals surface area contributed by atoms with Crippen molar-refractivity contribution in [2.45, 2.75) is 142 Å². The molecule has 2 heteroatoms. The Morgan fingerprint density at radius 2 is 1.24 bits per heavy atom. The van der Waals surface area contributed by atoms with Gasteiger partial charge < -0.3 is 4.74 Å². The molecule has 2 aromatic carbocycles. The molecule has 0 heterocycles. The fourth-order valence-corrected chi connectivity index (χ4v) is 7.48. The molecule has 0 N–H and O–H groups in total. The standard InChI is InChI=1S/C39H57NO/c1-3-5-7-8-10-30-41-38-22-20-36(21-23-38)34-16-18-35(19-17-34)37-25-28-39(31-40,29-26-37)27-24-33-14-12-32(13-15-33)11-9-6-4-2/h16-23,32-33,37H,3-15,24-30H2,1-2H3/t32-,33-,37-,39-. The topological polar surface area (TPSA) is 33.0 Å². The molecule has 4 rings (SSSR count). The number of nitriles is 1. The van der Waals surface area contributed by atoms with Crippen molar-refractivity contribution >= 4 is 0 Å². The molecule has 2 saturated carbocycles. The molecule has 0 unspecified atom stereocenters. The summed E-state index contributed by atoms with van der Waals surface area (Å²) in [5.74, 6) is 3.41. The van der Waals surface area contributed by atoms with Gasteiger partial charge in [-0.25, -0.2) is 0 Å². The predicted molar refractivity (Wildman–Crippen MR) is 174 cm³/mol. The van der Waals surface area contributed by atoms with E-state index in [1.54, 1.807) is 0 Å². The molecule has 2 aromatic rings. The van der Waals surface area contributed by atoms with Crippen LogP contribution in [0, 0.1) is 28.6 Å². The van der Waals surface area contributed by atoms with Gasteiger partial charge in [-0.2, -0.15) is 5.26 Å². The van der Waals surface area contributed by atoms with Crippen LogP contribution in [0.5, 0.6) is 5.75 Å². The average molecular weight is 556 g/mol. The van der Waals surface area contributed by atoms with Gasteiger partial charge in [0.1, 0.15) is 5.75 Å². The van der Waals surface area contributed by atoms with E-state index >= 15 is 0 Å². The molecular formula is C39H57NO. The van der Waals surface area contributed by atoms with Crippen molar-refractivity contribution in [3.8, 4) is 22.9 Å². The van der Waals surface area contributed by atoms with Crippen LogP contribution in [0.2, 0.25) is 0 Å². The largest absolute Gasteiger partial charge is 0.494 e. The van der Waals surface area contributed by atoms with Crippen LogP contribution in [-0.2, 0) is 0 Å². The van der Waals surface area contributed by atoms with Crippen molar-refractivity contribution < 1.29 is 4.74 Å². The molecule has 0 aliphatic heterocycles. The van der Waals surface area contributed by atoms with E-state index in [0.717, 1.165) is 62.7 Å². The molecule has 41 heavy (non-hydrogen) atoms. The van der Waals surface area contributed by atoms with Gasteiger partial charge in [-0.1, -0.05) is 127 Å². The van der Waals surface area contributed by atoms with Gasteiger partial charge in [0.15, 0.2) is 0 Å². The first-order valence-corrected chi connectivity index (χ1v) is 17.4. The highest BCUT2D eigenvalue weighted by molar-refractivity contribution is 5.64. The van der Waals surface area contributed by atoms with Crippen LogP contribution < -0.4 is 4.74 Å². The first-order chi connectivity index (χ1) is 20.1. The van der Waals surface area contributed by atoms with Gasteiger partial charge in [-0.05, 0) is 91.5 Å². The smallest absolute Gasteiger partial charge is 0.119 e. The Hall–Kier alpha value is -2.27. The minimum absolute atomic E-state index is 0.0757. The van der Waals surface area contributed by atoms with Crippen molar-refractivity contribution in [1.82, 2.24) is 0 Å². The zero-order valence-corrected chi connectivity index (χ0v) is 26.3. The molecule has 0 atom stereocenters. The highest BCUT2D eigenvalue weighted by Gasteiger charge is 2.36. The second-order valence-corrected chi connectivity index (χ2v) is 13.5. The van der Waals surface area contributed by atoms with Gasteiger partial charge in [-0.3, -0.25) is 0 Å². The Labute approximate surface area is 252 Å². The maximum absolute atomic E-state index is 10.2. The first kappa shape index (κ1) is 31.7. The number of unbranched alkanes of at least 4 members (excludes halogenated alkanes) is 6. The summed E-state index contributed by atoms with van der Waals surface area (Å²) >= 11 is 0. The maximum Gasteiger partial charge on any atom is 0.119 e. The van der Waals surface area contributed by atoms with Crippen LogP contribution in [-0.4, -0.2) is 6.61 Å². The lowest BCUT2D eigenvalue weighted by atomic mass is 9.66. The van der Waals surface area contributed by atoms with Crippen LogP contribution in [0.25, 0.3) is 11.1 Å². The summed E-state index contributed by atoms with van der Waals surface area (Å²) in [6.07, 6.45) is 24.5. The third-order valence-electron chi connectivity index (χ3n) is 10.5. The summed E-state index contributed by atoms with van der Waals surface area (Å²) in [6, 6.07) is 20.6. The average Bonchev–Trinajstić information content (AvgIpc) is 3.03. The molecule has 0 saturated heterocycles. The fraction of sp³-hybridized carbons (Fsp3) is 0.667. The van der Waals surface area contributed by atoms with Gasteiger partial charge in [-0.15, -0.1) is 0 Å². The predicted octanol–water partition coefficient (Wildman–Crippen LogP) is 12.0. The number of nitrogens with zero attached hydrogens (tertiary/aromatic N) is 1. The van der Waals surface area contributed by atoms with E-state index < -0.39 is 0 Å². The lowest BCUT2D eigenvalue weighted by molar-refractivity contribution is 0.185. The zero-order valence-electron chi connectivity index (χ0n) is 26.3. The molecular weight excluding hydrogens is 498 g/mol. The number of benzene rings is 2. The van der Waals surface area contributed by atoms with E-state index in [2.05, 4.69) is 68.4 Å². The summed E-state index contributed by atoms with van der Waals surface area (Å²) < 4.78 is 5.95. The van der Waals surface area contributed by atoms with E-state index in [9.17, 15) is 5.26 Å². The summed E-state index contributed by atoms with van der Waals surface area (Å²) in [4.78, 5) is 0. The molecule has 2 aliphatic carbocycles. The quantitative estimate of drug-likeness (QED) is 0.193. The highest BCUT2D eigenvalue weighted by atomic mass is 16.5. The Balaban J connectivity index is 1.19. The molecule has 0 amide bonds. The van der Waals surface area contributed by atoms with Crippen molar-refractivity contribution in [1.29, 1.82) is 5.26 Å². The van der Waals surface area contributed by atoms with Gasteiger partial charge in [0.05, 0.1) is 18.1 Å². The second-order valence-electron chi connectivity index (χ2n) is 13.5. The third kappa shape index (κ3) is 9.91. The number of rotatable bonds is 16. The Morgan fingerprint density at radius 1 is 0.683 bits per heavy atom. The van der Waals surface area contributed by atoms with Gasteiger partial charge in [0, 0.05) is 0 Å². The first-order valence-electron chi connectivity index (χ1n) is 17.4. The monoisotopic (exact) mass is 555 g/mol. The molecule has 2 nitrogen and oxygen atoms in total. The molecule has 0 radical (unpaired) electrons. The zero-order chi connectivity index (χ0) is 28.8. The Kier molecular flexibility index (Phi) is 13.1. The van der Waals surface area contributed by atoms with Crippen LogP contribution in [0.3, 0.4) is 0 Å². The van der Waals surface area contributed by atoms with Crippen LogP contribution >= 0.6 is 0 Å². The lowest BCUT2D eigenvalue weighted by Gasteiger charge is -2.37. The van der Waals surface area contributed by atoms with E-state index in [4.69, 9.17) is 4.74 Å². The number of ether oxygens (including phenoxy) is 1. The van der Waals surface area contributed by atoms with Crippen molar-refractivity contribution in [3.63, 3.8) is 0 Å². The van der Waals surface area contributed by atoms with Gasteiger partial charge in [0.2, 0.25) is 0 Å². The van der Waals surface area contributed by atoms with Crippen molar-refractivity contribution in [2.75, 3.05) is 6.61 Å². The van der Waals surface area contributed by atoms with Crippen molar-refractivity contribution in [3.05, 3.63) is 54.1 Å². The van der Waals surface area contributed by atoms with E-state index in [-0.39, 0.29) is 5.41 Å². The van der Waals surface area contributed by atoms with Gasteiger partial charge in [0.25, 0.3) is 0 Å². The molecule has 224 valence electrons. The van der Waals surface area contributed by atoms with Crippen molar-refractivity contribution in [2.24, 2.45) is 17.3 Å². The SMILES string of the molecule is CCCCCCCOc1ccc(-c2ccc([C@H]3CC[C@@](C#N)(CC[C@H]4CC[C@H](CCCCC)CC4)CC3)cc2)cc1. The van der Waals surface area contributed by atoms with Gasteiger partial charge >= 0.3 is 0 Å². The number of hydrogen-bond donors (Lipinski definition) is 0. The van der Waals surface area contributed by atoms with E-state index in [0.29, 0.717) is 5.92 Å². The Bertz CT molecular complexity index is 1020. The Morgan fingerprint density at radius 3 is 1.85 bits per heavy atom. The van der Waals surface area contributed by atoms with E-state index in [1.807, 2.05) is 0 Å². The van der Waals surface area contributed by atoms with E-state index in [1.165, 1.54) is 100 Å². The molecule has 0 bridgehead atoms. The minimum atomic E-state index is -0.0757. The number of hydrogen-bond acceptors (Lipinski definition) is 2. The summed E-state index contributed by atoms with van der Waals surface area (Å²) in [5, 5.41) is 10.2.